The molecule has 2 N–H and O–H groups in total. The van der Waals surface area contributed by atoms with Crippen LogP contribution >= 0.6 is 0 Å². The standard InChI is InChI=1S/C20H21NO3/c22-19(13-16-12-17(16)15-9-5-2-6-10-15)21-18(20(23)24)11-14-7-3-1-4-8-14/h1-10,16-18H,11-13H2,(H,21,22)(H,23,24)/t16-,17-,18+/m0/s1. The summed E-state index contributed by atoms with van der Waals surface area (Å²) in [7, 11) is 0. The van der Waals surface area contributed by atoms with Gasteiger partial charge >= 0.3 is 5.97 Å². The molecule has 1 fully saturated rings. The van der Waals surface area contributed by atoms with Crippen molar-refractivity contribution in [3.05, 3.63) is 71.8 Å². The maximum absolute atomic E-state index is 12.2. The molecule has 0 aliphatic heterocycles. The highest BCUT2D eigenvalue weighted by atomic mass is 16.4. The Labute approximate surface area is 141 Å². The lowest BCUT2D eigenvalue weighted by Gasteiger charge is -2.14. The summed E-state index contributed by atoms with van der Waals surface area (Å²) in [5.41, 5.74) is 2.16. The van der Waals surface area contributed by atoms with Crippen LogP contribution in [0.15, 0.2) is 60.7 Å². The number of aliphatic carboxylic acids is 1. The Hall–Kier alpha value is -2.62. The average Bonchev–Trinajstić information content (AvgIpc) is 3.35. The van der Waals surface area contributed by atoms with E-state index in [0.29, 0.717) is 24.7 Å². The van der Waals surface area contributed by atoms with Crippen LogP contribution in [0.2, 0.25) is 0 Å². The molecule has 24 heavy (non-hydrogen) atoms. The van der Waals surface area contributed by atoms with Gasteiger partial charge in [0.15, 0.2) is 0 Å². The van der Waals surface area contributed by atoms with Crippen molar-refractivity contribution in [1.82, 2.24) is 5.32 Å². The van der Waals surface area contributed by atoms with Gasteiger partial charge in [-0.3, -0.25) is 4.79 Å². The molecular formula is C20H21NO3. The van der Waals surface area contributed by atoms with Gasteiger partial charge in [0.05, 0.1) is 0 Å². The quantitative estimate of drug-likeness (QED) is 0.823. The van der Waals surface area contributed by atoms with Crippen molar-refractivity contribution < 1.29 is 14.7 Å². The second-order valence-corrected chi connectivity index (χ2v) is 6.37. The Morgan fingerprint density at radius 1 is 1.04 bits per heavy atom. The van der Waals surface area contributed by atoms with E-state index in [1.165, 1.54) is 5.56 Å². The summed E-state index contributed by atoms with van der Waals surface area (Å²) in [6, 6.07) is 18.6. The molecule has 1 saturated carbocycles. The Morgan fingerprint density at radius 3 is 2.29 bits per heavy atom. The van der Waals surface area contributed by atoms with E-state index < -0.39 is 12.0 Å². The zero-order chi connectivity index (χ0) is 16.9. The van der Waals surface area contributed by atoms with Gasteiger partial charge in [0, 0.05) is 12.8 Å². The smallest absolute Gasteiger partial charge is 0.326 e. The SMILES string of the molecule is O=C(C[C@@H]1C[C@H]1c1ccccc1)N[C@H](Cc1ccccc1)C(=O)O. The zero-order valence-corrected chi connectivity index (χ0v) is 13.4. The molecule has 4 heteroatoms. The summed E-state index contributed by atoms with van der Waals surface area (Å²) in [5.74, 6) is -0.433. The minimum Gasteiger partial charge on any atom is -0.480 e. The first-order valence-electron chi connectivity index (χ1n) is 8.24. The van der Waals surface area contributed by atoms with Gasteiger partial charge in [0.25, 0.3) is 0 Å². The second kappa shape index (κ2) is 7.30. The molecule has 0 aromatic heterocycles. The number of hydrogen-bond acceptors (Lipinski definition) is 2. The van der Waals surface area contributed by atoms with Crippen molar-refractivity contribution in [2.45, 2.75) is 31.2 Å². The number of rotatable bonds is 7. The lowest BCUT2D eigenvalue weighted by molar-refractivity contribution is -0.141. The van der Waals surface area contributed by atoms with Gasteiger partial charge in [-0.15, -0.1) is 0 Å². The molecule has 4 nitrogen and oxygen atoms in total. The van der Waals surface area contributed by atoms with E-state index >= 15 is 0 Å². The molecule has 1 aliphatic carbocycles. The predicted octanol–water partition coefficient (Wildman–Crippen LogP) is 2.99. The number of amides is 1. The van der Waals surface area contributed by atoms with Gasteiger partial charge in [-0.2, -0.15) is 0 Å². The minimum absolute atomic E-state index is 0.179. The molecule has 2 aromatic rings. The van der Waals surface area contributed by atoms with Crippen LogP contribution in [0.5, 0.6) is 0 Å². The summed E-state index contributed by atoms with van der Waals surface area (Å²) < 4.78 is 0. The molecule has 0 bridgehead atoms. The van der Waals surface area contributed by atoms with Crippen LogP contribution in [0.4, 0.5) is 0 Å². The number of benzene rings is 2. The molecule has 0 spiro atoms. The van der Waals surface area contributed by atoms with Crippen molar-refractivity contribution in [3.63, 3.8) is 0 Å². The Morgan fingerprint density at radius 2 is 1.67 bits per heavy atom. The highest BCUT2D eigenvalue weighted by Crippen LogP contribution is 2.49. The fourth-order valence-corrected chi connectivity index (χ4v) is 3.12. The minimum atomic E-state index is -0.998. The van der Waals surface area contributed by atoms with E-state index in [0.717, 1.165) is 12.0 Å². The van der Waals surface area contributed by atoms with Gasteiger partial charge < -0.3 is 10.4 Å². The first kappa shape index (κ1) is 16.2. The molecule has 0 unspecified atom stereocenters. The fourth-order valence-electron chi connectivity index (χ4n) is 3.12. The normalized spacial score (nSPS) is 20.2. The molecule has 0 heterocycles. The van der Waals surface area contributed by atoms with Crippen LogP contribution in [0.25, 0.3) is 0 Å². The second-order valence-electron chi connectivity index (χ2n) is 6.37. The Balaban J connectivity index is 1.52. The molecule has 0 radical (unpaired) electrons. The van der Waals surface area contributed by atoms with Crippen LogP contribution in [-0.4, -0.2) is 23.0 Å². The third-order valence-electron chi connectivity index (χ3n) is 4.51. The van der Waals surface area contributed by atoms with E-state index in [1.807, 2.05) is 48.5 Å². The summed E-state index contributed by atoms with van der Waals surface area (Å²) in [6.07, 6.45) is 1.68. The van der Waals surface area contributed by atoms with Crippen molar-refractivity contribution in [3.8, 4) is 0 Å². The molecule has 3 atom stereocenters. The highest BCUT2D eigenvalue weighted by Gasteiger charge is 2.39. The van der Waals surface area contributed by atoms with Crippen LogP contribution in [0.3, 0.4) is 0 Å². The highest BCUT2D eigenvalue weighted by molar-refractivity contribution is 5.84. The molecule has 2 aromatic carbocycles. The van der Waals surface area contributed by atoms with Crippen LogP contribution in [0.1, 0.15) is 29.9 Å². The lowest BCUT2D eigenvalue weighted by Crippen LogP contribution is -2.42. The third kappa shape index (κ3) is 4.22. The Bertz CT molecular complexity index is 699. The van der Waals surface area contributed by atoms with Crippen molar-refractivity contribution in [2.75, 3.05) is 0 Å². The molecule has 0 saturated heterocycles. The summed E-state index contributed by atoms with van der Waals surface area (Å²) in [4.78, 5) is 23.6. The van der Waals surface area contributed by atoms with Crippen molar-refractivity contribution in [2.24, 2.45) is 5.92 Å². The number of carboxylic acids is 1. The van der Waals surface area contributed by atoms with Crippen LogP contribution in [0, 0.1) is 5.92 Å². The van der Waals surface area contributed by atoms with E-state index in [2.05, 4.69) is 17.4 Å². The van der Waals surface area contributed by atoms with Gasteiger partial charge in [-0.25, -0.2) is 4.79 Å². The Kier molecular flexibility index (Phi) is 4.94. The number of carbonyl (C=O) groups excluding carboxylic acids is 1. The van der Waals surface area contributed by atoms with Gasteiger partial charge in [0.1, 0.15) is 6.04 Å². The number of nitrogens with one attached hydrogen (secondary N) is 1. The zero-order valence-electron chi connectivity index (χ0n) is 13.4. The van der Waals surface area contributed by atoms with E-state index in [1.54, 1.807) is 0 Å². The van der Waals surface area contributed by atoms with Crippen molar-refractivity contribution in [1.29, 1.82) is 0 Å². The number of carbonyl (C=O) groups is 2. The van der Waals surface area contributed by atoms with Gasteiger partial charge in [0.2, 0.25) is 5.91 Å². The predicted molar refractivity (Wildman–Crippen MR) is 91.6 cm³/mol. The molecule has 124 valence electrons. The maximum atomic E-state index is 12.2. The average molecular weight is 323 g/mol. The van der Waals surface area contributed by atoms with Gasteiger partial charge in [-0.05, 0) is 29.4 Å². The van der Waals surface area contributed by atoms with Crippen LogP contribution < -0.4 is 5.32 Å². The molecular weight excluding hydrogens is 302 g/mol. The summed E-state index contributed by atoms with van der Waals surface area (Å²) in [6.45, 7) is 0. The topological polar surface area (TPSA) is 66.4 Å². The molecule has 1 amide bonds. The first-order valence-corrected chi connectivity index (χ1v) is 8.24. The van der Waals surface area contributed by atoms with Crippen LogP contribution in [-0.2, 0) is 16.0 Å². The number of hydrogen-bond donors (Lipinski definition) is 2. The van der Waals surface area contributed by atoms with E-state index in [4.69, 9.17) is 0 Å². The summed E-state index contributed by atoms with van der Waals surface area (Å²) in [5, 5.41) is 12.0. The van der Waals surface area contributed by atoms with E-state index in [9.17, 15) is 14.7 Å². The largest absolute Gasteiger partial charge is 0.480 e. The summed E-state index contributed by atoms with van der Waals surface area (Å²) >= 11 is 0. The van der Waals surface area contributed by atoms with Crippen molar-refractivity contribution >= 4 is 11.9 Å². The lowest BCUT2D eigenvalue weighted by atomic mass is 10.1. The fraction of sp³-hybridized carbons (Fsp3) is 0.300. The van der Waals surface area contributed by atoms with Gasteiger partial charge in [-0.1, -0.05) is 60.7 Å². The first-order chi connectivity index (χ1) is 11.6. The van der Waals surface area contributed by atoms with E-state index in [-0.39, 0.29) is 5.91 Å². The monoisotopic (exact) mass is 323 g/mol. The molecule has 3 rings (SSSR count). The maximum Gasteiger partial charge on any atom is 0.326 e. The molecule has 1 aliphatic rings. The third-order valence-corrected chi connectivity index (χ3v) is 4.51. The number of carboxylic acid groups (broad SMARTS) is 1.